The standard InChI is InChI=1S/C17H15ClN2/c18-12-11-16(13-19)20-17(14-7-3-1-4-8-14)15-9-5-2-6-10-15/h1-10,16H,11-12H2. The Morgan fingerprint density at radius 1 is 1.00 bits per heavy atom. The number of rotatable bonds is 5. The number of benzene rings is 2. The number of nitriles is 1. The Morgan fingerprint density at radius 2 is 1.50 bits per heavy atom. The molecule has 0 aliphatic rings. The monoisotopic (exact) mass is 282 g/mol. The van der Waals surface area contributed by atoms with E-state index in [0.29, 0.717) is 12.3 Å². The first-order valence-electron chi connectivity index (χ1n) is 6.49. The number of hydrogen-bond donors (Lipinski definition) is 0. The molecule has 0 aliphatic heterocycles. The highest BCUT2D eigenvalue weighted by Crippen LogP contribution is 2.13. The average molecular weight is 283 g/mol. The number of alkyl halides is 1. The van der Waals surface area contributed by atoms with E-state index in [1.807, 2.05) is 60.7 Å². The van der Waals surface area contributed by atoms with E-state index in [4.69, 9.17) is 11.6 Å². The zero-order chi connectivity index (χ0) is 14.2. The van der Waals surface area contributed by atoms with Gasteiger partial charge < -0.3 is 0 Å². The first kappa shape index (κ1) is 14.3. The van der Waals surface area contributed by atoms with Crippen molar-refractivity contribution in [2.24, 2.45) is 4.99 Å². The van der Waals surface area contributed by atoms with E-state index in [2.05, 4.69) is 11.1 Å². The normalized spacial score (nSPS) is 11.4. The first-order chi connectivity index (χ1) is 9.85. The van der Waals surface area contributed by atoms with Crippen molar-refractivity contribution in [1.29, 1.82) is 5.26 Å². The van der Waals surface area contributed by atoms with E-state index in [1.54, 1.807) is 0 Å². The molecule has 2 aromatic rings. The Hall–Kier alpha value is -2.11. The molecule has 0 radical (unpaired) electrons. The van der Waals surface area contributed by atoms with Gasteiger partial charge in [-0.3, -0.25) is 4.99 Å². The summed E-state index contributed by atoms with van der Waals surface area (Å²) in [7, 11) is 0. The molecule has 2 aromatic carbocycles. The molecular formula is C17H15ClN2. The summed E-state index contributed by atoms with van der Waals surface area (Å²) in [5.41, 5.74) is 2.85. The Balaban J connectivity index is 2.45. The van der Waals surface area contributed by atoms with E-state index in [9.17, 15) is 5.26 Å². The molecule has 0 amide bonds. The van der Waals surface area contributed by atoms with Gasteiger partial charge in [0.25, 0.3) is 0 Å². The second-order valence-electron chi connectivity index (χ2n) is 4.33. The van der Waals surface area contributed by atoms with E-state index in [-0.39, 0.29) is 0 Å². The SMILES string of the molecule is N#CC(CCCl)N=C(c1ccccc1)c1ccccc1. The highest BCUT2D eigenvalue weighted by molar-refractivity contribution is 6.18. The predicted octanol–water partition coefficient (Wildman–Crippen LogP) is 4.05. The fourth-order valence-corrected chi connectivity index (χ4v) is 2.13. The van der Waals surface area contributed by atoms with Crippen molar-refractivity contribution in [3.8, 4) is 6.07 Å². The molecule has 1 unspecified atom stereocenters. The molecule has 0 aromatic heterocycles. The van der Waals surface area contributed by atoms with Gasteiger partial charge in [-0.25, -0.2) is 0 Å². The van der Waals surface area contributed by atoms with Gasteiger partial charge in [0, 0.05) is 17.0 Å². The Morgan fingerprint density at radius 3 is 1.90 bits per heavy atom. The lowest BCUT2D eigenvalue weighted by molar-refractivity contribution is 0.802. The summed E-state index contributed by atoms with van der Waals surface area (Å²) < 4.78 is 0. The molecule has 2 nitrogen and oxygen atoms in total. The second-order valence-corrected chi connectivity index (χ2v) is 4.71. The van der Waals surface area contributed by atoms with E-state index < -0.39 is 6.04 Å². The van der Waals surface area contributed by atoms with Gasteiger partial charge in [-0.1, -0.05) is 60.7 Å². The molecule has 0 saturated heterocycles. The van der Waals surface area contributed by atoms with Crippen LogP contribution in [0.4, 0.5) is 0 Å². The molecule has 0 bridgehead atoms. The van der Waals surface area contributed by atoms with Crippen molar-refractivity contribution < 1.29 is 0 Å². The third-order valence-corrected chi connectivity index (χ3v) is 3.13. The van der Waals surface area contributed by atoms with Gasteiger partial charge in [-0.05, 0) is 6.42 Å². The van der Waals surface area contributed by atoms with Crippen molar-refractivity contribution in [2.45, 2.75) is 12.5 Å². The highest BCUT2D eigenvalue weighted by atomic mass is 35.5. The third kappa shape index (κ3) is 3.69. The Kier molecular flexibility index (Phi) is 5.34. The van der Waals surface area contributed by atoms with E-state index in [1.165, 1.54) is 0 Å². The Bertz CT molecular complexity index is 558. The predicted molar refractivity (Wildman–Crippen MR) is 83.3 cm³/mol. The smallest absolute Gasteiger partial charge is 0.138 e. The second kappa shape index (κ2) is 7.47. The average Bonchev–Trinajstić information content (AvgIpc) is 2.53. The third-order valence-electron chi connectivity index (χ3n) is 2.91. The van der Waals surface area contributed by atoms with Crippen LogP contribution in [0.5, 0.6) is 0 Å². The maximum atomic E-state index is 9.18. The fraction of sp³-hybridized carbons (Fsp3) is 0.176. The van der Waals surface area contributed by atoms with Crippen LogP contribution in [0.25, 0.3) is 0 Å². The number of halogens is 1. The summed E-state index contributed by atoms with van der Waals surface area (Å²) >= 11 is 5.73. The quantitative estimate of drug-likeness (QED) is 0.602. The van der Waals surface area contributed by atoms with Crippen molar-refractivity contribution in [3.63, 3.8) is 0 Å². The summed E-state index contributed by atoms with van der Waals surface area (Å²) in [4.78, 5) is 4.60. The zero-order valence-corrected chi connectivity index (χ0v) is 11.8. The molecule has 2 rings (SSSR count). The summed E-state index contributed by atoms with van der Waals surface area (Å²) in [6, 6.07) is 21.6. The zero-order valence-electron chi connectivity index (χ0n) is 11.0. The van der Waals surface area contributed by atoms with Gasteiger partial charge in [-0.15, -0.1) is 11.6 Å². The van der Waals surface area contributed by atoms with Crippen LogP contribution >= 0.6 is 11.6 Å². The summed E-state index contributed by atoms with van der Waals surface area (Å²) in [5.74, 6) is 0.429. The minimum atomic E-state index is -0.414. The molecular weight excluding hydrogens is 268 g/mol. The lowest BCUT2D eigenvalue weighted by Gasteiger charge is -2.10. The number of aliphatic imine (C=N–C) groups is 1. The summed E-state index contributed by atoms with van der Waals surface area (Å²) in [6.45, 7) is 0. The Labute approximate surface area is 124 Å². The van der Waals surface area contributed by atoms with Gasteiger partial charge >= 0.3 is 0 Å². The van der Waals surface area contributed by atoms with Gasteiger partial charge in [0.05, 0.1) is 11.8 Å². The summed E-state index contributed by atoms with van der Waals surface area (Å²) in [5, 5.41) is 9.18. The van der Waals surface area contributed by atoms with Crippen molar-refractivity contribution in [3.05, 3.63) is 71.8 Å². The lowest BCUT2D eigenvalue weighted by atomic mass is 10.0. The maximum absolute atomic E-state index is 9.18. The van der Waals surface area contributed by atoms with Crippen LogP contribution in [0, 0.1) is 11.3 Å². The maximum Gasteiger partial charge on any atom is 0.138 e. The molecule has 0 heterocycles. The largest absolute Gasteiger partial charge is 0.266 e. The van der Waals surface area contributed by atoms with Crippen molar-refractivity contribution in [2.75, 3.05) is 5.88 Å². The minimum absolute atomic E-state index is 0.414. The molecule has 0 N–H and O–H groups in total. The molecule has 0 spiro atoms. The molecule has 20 heavy (non-hydrogen) atoms. The molecule has 3 heteroatoms. The van der Waals surface area contributed by atoms with Crippen molar-refractivity contribution >= 4 is 17.3 Å². The lowest BCUT2D eigenvalue weighted by Crippen LogP contribution is -2.10. The molecule has 0 fully saturated rings. The highest BCUT2D eigenvalue weighted by Gasteiger charge is 2.10. The molecule has 0 saturated carbocycles. The first-order valence-corrected chi connectivity index (χ1v) is 7.03. The van der Waals surface area contributed by atoms with Crippen LogP contribution in [0.1, 0.15) is 17.5 Å². The van der Waals surface area contributed by atoms with E-state index in [0.717, 1.165) is 16.8 Å². The minimum Gasteiger partial charge on any atom is -0.266 e. The van der Waals surface area contributed by atoms with E-state index >= 15 is 0 Å². The topological polar surface area (TPSA) is 36.1 Å². The van der Waals surface area contributed by atoms with Crippen LogP contribution in [-0.2, 0) is 0 Å². The van der Waals surface area contributed by atoms with Crippen LogP contribution in [0.2, 0.25) is 0 Å². The summed E-state index contributed by atoms with van der Waals surface area (Å²) in [6.07, 6.45) is 0.557. The number of hydrogen-bond acceptors (Lipinski definition) is 2. The molecule has 1 atom stereocenters. The van der Waals surface area contributed by atoms with Crippen LogP contribution in [0.15, 0.2) is 65.7 Å². The van der Waals surface area contributed by atoms with Gasteiger partial charge in [0.1, 0.15) is 6.04 Å². The van der Waals surface area contributed by atoms with Crippen LogP contribution in [0.3, 0.4) is 0 Å². The molecule has 100 valence electrons. The van der Waals surface area contributed by atoms with Crippen LogP contribution < -0.4 is 0 Å². The van der Waals surface area contributed by atoms with Gasteiger partial charge in [0.15, 0.2) is 0 Å². The fourth-order valence-electron chi connectivity index (χ4n) is 1.92. The van der Waals surface area contributed by atoms with Crippen LogP contribution in [-0.4, -0.2) is 17.6 Å². The molecule has 0 aliphatic carbocycles. The van der Waals surface area contributed by atoms with Crippen molar-refractivity contribution in [1.82, 2.24) is 0 Å². The van der Waals surface area contributed by atoms with Gasteiger partial charge in [-0.2, -0.15) is 5.26 Å². The number of nitrogens with zero attached hydrogens (tertiary/aromatic N) is 2. The van der Waals surface area contributed by atoms with Gasteiger partial charge in [0.2, 0.25) is 0 Å².